The molecule has 2 heteroatoms. The highest BCUT2D eigenvalue weighted by Crippen LogP contribution is 2.44. The van der Waals surface area contributed by atoms with Crippen molar-refractivity contribution in [1.82, 2.24) is 0 Å². The summed E-state index contributed by atoms with van der Waals surface area (Å²) in [6, 6.07) is 0. The second-order valence-corrected chi connectivity index (χ2v) is 7.61. The fourth-order valence-electron chi connectivity index (χ4n) is 4.88. The molecule has 2 rings (SSSR count). The zero-order valence-corrected chi connectivity index (χ0v) is 14.4. The van der Waals surface area contributed by atoms with E-state index in [-0.39, 0.29) is 5.41 Å². The van der Waals surface area contributed by atoms with Crippen molar-refractivity contribution in [3.63, 3.8) is 0 Å². The summed E-state index contributed by atoms with van der Waals surface area (Å²) in [5.41, 5.74) is 0.279. The number of rotatable bonds is 8. The summed E-state index contributed by atoms with van der Waals surface area (Å²) >= 11 is 0. The van der Waals surface area contributed by atoms with Gasteiger partial charge in [0.25, 0.3) is 0 Å². The number of hydrogen-bond donors (Lipinski definition) is 0. The van der Waals surface area contributed by atoms with Gasteiger partial charge in [-0.25, -0.2) is 0 Å². The highest BCUT2D eigenvalue weighted by molar-refractivity contribution is 4.89. The minimum Gasteiger partial charge on any atom is -0.384 e. The minimum absolute atomic E-state index is 0.279. The maximum Gasteiger partial charge on any atom is 0.0543 e. The molecule has 2 fully saturated rings. The van der Waals surface area contributed by atoms with Crippen LogP contribution >= 0.6 is 0 Å². The molecule has 0 atom stereocenters. The lowest BCUT2D eigenvalue weighted by Crippen LogP contribution is -2.41. The van der Waals surface area contributed by atoms with E-state index >= 15 is 0 Å². The van der Waals surface area contributed by atoms with Crippen LogP contribution in [0.15, 0.2) is 0 Å². The summed E-state index contributed by atoms with van der Waals surface area (Å²) in [5, 5.41) is 0. The van der Waals surface area contributed by atoms with Crippen LogP contribution in [0.4, 0.5) is 0 Å². The van der Waals surface area contributed by atoms with E-state index in [1.807, 2.05) is 14.2 Å². The zero-order chi connectivity index (χ0) is 15.0. The van der Waals surface area contributed by atoms with Crippen molar-refractivity contribution >= 4 is 0 Å². The third kappa shape index (κ3) is 4.96. The van der Waals surface area contributed by atoms with Gasteiger partial charge in [-0.3, -0.25) is 0 Å². The lowest BCUT2D eigenvalue weighted by atomic mass is 9.66. The van der Waals surface area contributed by atoms with Crippen LogP contribution in [-0.2, 0) is 9.47 Å². The topological polar surface area (TPSA) is 18.5 Å². The van der Waals surface area contributed by atoms with Crippen LogP contribution in [0.3, 0.4) is 0 Å². The van der Waals surface area contributed by atoms with Crippen LogP contribution in [0.25, 0.3) is 0 Å². The van der Waals surface area contributed by atoms with E-state index in [9.17, 15) is 0 Å². The second kappa shape index (κ2) is 9.15. The first kappa shape index (κ1) is 17.3. The van der Waals surface area contributed by atoms with Crippen molar-refractivity contribution in [2.45, 2.75) is 77.0 Å². The van der Waals surface area contributed by atoms with Gasteiger partial charge >= 0.3 is 0 Å². The van der Waals surface area contributed by atoms with Crippen molar-refractivity contribution in [2.24, 2.45) is 17.3 Å². The predicted octanol–water partition coefficient (Wildman–Crippen LogP) is 5.21. The molecule has 0 heterocycles. The SMILES string of the molecule is COCC(CCC1CCCCC1)(COC)C1CCCCC1. The molecular formula is C19H36O2. The van der Waals surface area contributed by atoms with Crippen molar-refractivity contribution in [2.75, 3.05) is 27.4 Å². The molecule has 0 amide bonds. The Balaban J connectivity index is 1.97. The van der Waals surface area contributed by atoms with Gasteiger partial charge in [0.05, 0.1) is 13.2 Å². The molecule has 21 heavy (non-hydrogen) atoms. The van der Waals surface area contributed by atoms with Gasteiger partial charge in [-0.1, -0.05) is 51.4 Å². The van der Waals surface area contributed by atoms with Gasteiger partial charge < -0.3 is 9.47 Å². The molecule has 0 aromatic rings. The Bertz CT molecular complexity index is 259. The Morgan fingerprint density at radius 3 is 1.81 bits per heavy atom. The Morgan fingerprint density at radius 2 is 1.29 bits per heavy atom. The van der Waals surface area contributed by atoms with E-state index in [0.717, 1.165) is 25.0 Å². The molecule has 2 saturated carbocycles. The maximum atomic E-state index is 5.67. The van der Waals surface area contributed by atoms with Crippen LogP contribution in [0.1, 0.15) is 77.0 Å². The summed E-state index contributed by atoms with van der Waals surface area (Å²) in [5.74, 6) is 1.78. The van der Waals surface area contributed by atoms with Crippen molar-refractivity contribution in [1.29, 1.82) is 0 Å². The lowest BCUT2D eigenvalue weighted by molar-refractivity contribution is -0.0503. The van der Waals surface area contributed by atoms with Crippen LogP contribution in [-0.4, -0.2) is 27.4 Å². The Morgan fingerprint density at radius 1 is 0.762 bits per heavy atom. The zero-order valence-electron chi connectivity index (χ0n) is 14.4. The number of hydrogen-bond acceptors (Lipinski definition) is 2. The Hall–Kier alpha value is -0.0800. The molecule has 0 aromatic carbocycles. The van der Waals surface area contributed by atoms with Gasteiger partial charge in [0.2, 0.25) is 0 Å². The maximum absolute atomic E-state index is 5.67. The molecule has 2 aliphatic rings. The third-order valence-electron chi connectivity index (χ3n) is 6.11. The molecule has 0 radical (unpaired) electrons. The molecular weight excluding hydrogens is 260 g/mol. The standard InChI is InChI=1S/C19H36O2/c1-20-15-19(16-21-2,18-11-7-4-8-12-18)14-13-17-9-5-3-6-10-17/h17-18H,3-16H2,1-2H3. The average molecular weight is 296 g/mol. The first-order valence-electron chi connectivity index (χ1n) is 9.28. The summed E-state index contributed by atoms with van der Waals surface area (Å²) < 4.78 is 11.3. The van der Waals surface area contributed by atoms with Gasteiger partial charge in [0.15, 0.2) is 0 Å². The summed E-state index contributed by atoms with van der Waals surface area (Å²) in [7, 11) is 3.74. The second-order valence-electron chi connectivity index (χ2n) is 7.61. The molecule has 2 nitrogen and oxygen atoms in total. The molecule has 0 bridgehead atoms. The van der Waals surface area contributed by atoms with Gasteiger partial charge in [0, 0.05) is 19.6 Å². The summed E-state index contributed by atoms with van der Waals surface area (Å²) in [6.45, 7) is 1.77. The third-order valence-corrected chi connectivity index (χ3v) is 6.11. The van der Waals surface area contributed by atoms with E-state index in [0.29, 0.717) is 0 Å². The summed E-state index contributed by atoms with van der Waals surface area (Å²) in [6.07, 6.45) is 17.0. The highest BCUT2D eigenvalue weighted by atomic mass is 16.5. The first-order valence-corrected chi connectivity index (χ1v) is 9.28. The van der Waals surface area contributed by atoms with E-state index < -0.39 is 0 Å². The van der Waals surface area contributed by atoms with Crippen molar-refractivity contribution in [3.8, 4) is 0 Å². The molecule has 0 N–H and O–H groups in total. The highest BCUT2D eigenvalue weighted by Gasteiger charge is 2.39. The van der Waals surface area contributed by atoms with Gasteiger partial charge in [-0.05, 0) is 37.5 Å². The van der Waals surface area contributed by atoms with E-state index in [4.69, 9.17) is 9.47 Å². The molecule has 0 spiro atoms. The molecule has 0 aromatic heterocycles. The van der Waals surface area contributed by atoms with Crippen LogP contribution in [0.5, 0.6) is 0 Å². The largest absolute Gasteiger partial charge is 0.384 e. The molecule has 0 aliphatic heterocycles. The van der Waals surface area contributed by atoms with Gasteiger partial charge in [-0.15, -0.1) is 0 Å². The monoisotopic (exact) mass is 296 g/mol. The quantitative estimate of drug-likeness (QED) is 0.612. The molecule has 124 valence electrons. The number of methoxy groups -OCH3 is 2. The Kier molecular flexibility index (Phi) is 7.53. The molecule has 2 aliphatic carbocycles. The van der Waals surface area contributed by atoms with Crippen LogP contribution < -0.4 is 0 Å². The normalized spacial score (nSPS) is 22.6. The lowest BCUT2D eigenvalue weighted by Gasteiger charge is -2.43. The van der Waals surface area contributed by atoms with E-state index in [1.54, 1.807) is 0 Å². The van der Waals surface area contributed by atoms with Crippen molar-refractivity contribution in [3.05, 3.63) is 0 Å². The van der Waals surface area contributed by atoms with E-state index in [2.05, 4.69) is 0 Å². The first-order chi connectivity index (χ1) is 10.3. The van der Waals surface area contributed by atoms with Gasteiger partial charge in [-0.2, -0.15) is 0 Å². The molecule has 0 saturated heterocycles. The van der Waals surface area contributed by atoms with Crippen LogP contribution in [0, 0.1) is 17.3 Å². The number of ether oxygens (including phenoxy) is 2. The Labute approximate surface area is 132 Å². The molecule has 0 unspecified atom stereocenters. The predicted molar refractivity (Wildman–Crippen MR) is 88.6 cm³/mol. The summed E-state index contributed by atoms with van der Waals surface area (Å²) in [4.78, 5) is 0. The van der Waals surface area contributed by atoms with Crippen LogP contribution in [0.2, 0.25) is 0 Å². The van der Waals surface area contributed by atoms with E-state index in [1.165, 1.54) is 77.0 Å². The fourth-order valence-corrected chi connectivity index (χ4v) is 4.88. The van der Waals surface area contributed by atoms with Crippen molar-refractivity contribution < 1.29 is 9.47 Å². The fraction of sp³-hybridized carbons (Fsp3) is 1.00. The van der Waals surface area contributed by atoms with Gasteiger partial charge in [0.1, 0.15) is 0 Å². The minimum atomic E-state index is 0.279. The average Bonchev–Trinajstić information content (AvgIpc) is 2.55. The smallest absolute Gasteiger partial charge is 0.0543 e.